The second-order valence-corrected chi connectivity index (χ2v) is 3.22. The standard InChI is InChI=1S/C9H10ClNO/c10-5-7-1-4-9(11-6-7)12-8-2-3-8/h1,4,6,8H,2-3,5H2. The molecule has 0 unspecified atom stereocenters. The number of nitrogens with zero attached hydrogens (tertiary/aromatic N) is 1. The zero-order valence-corrected chi connectivity index (χ0v) is 7.42. The summed E-state index contributed by atoms with van der Waals surface area (Å²) < 4.78 is 5.47. The van der Waals surface area contributed by atoms with Crippen LogP contribution in [0.3, 0.4) is 0 Å². The first-order chi connectivity index (χ1) is 5.88. The van der Waals surface area contributed by atoms with Crippen LogP contribution in [-0.4, -0.2) is 11.1 Å². The lowest BCUT2D eigenvalue weighted by molar-refractivity contribution is 0.291. The number of hydrogen-bond acceptors (Lipinski definition) is 2. The molecule has 0 atom stereocenters. The average molecular weight is 184 g/mol. The number of aromatic nitrogens is 1. The maximum absolute atomic E-state index is 5.62. The van der Waals surface area contributed by atoms with Crippen LogP contribution < -0.4 is 4.74 Å². The van der Waals surface area contributed by atoms with E-state index in [9.17, 15) is 0 Å². The number of pyridine rings is 1. The Morgan fingerprint density at radius 2 is 2.33 bits per heavy atom. The minimum Gasteiger partial charge on any atom is -0.474 e. The van der Waals surface area contributed by atoms with E-state index in [0.717, 1.165) is 5.56 Å². The number of alkyl halides is 1. The van der Waals surface area contributed by atoms with E-state index in [-0.39, 0.29) is 0 Å². The van der Waals surface area contributed by atoms with E-state index in [1.807, 2.05) is 12.1 Å². The normalized spacial score (nSPS) is 16.1. The van der Waals surface area contributed by atoms with Crippen LogP contribution in [0.25, 0.3) is 0 Å². The Morgan fingerprint density at radius 3 is 2.83 bits per heavy atom. The maximum Gasteiger partial charge on any atom is 0.213 e. The predicted molar refractivity (Wildman–Crippen MR) is 47.4 cm³/mol. The molecule has 64 valence electrons. The van der Waals surface area contributed by atoms with Gasteiger partial charge in [0.25, 0.3) is 0 Å². The third-order valence-electron chi connectivity index (χ3n) is 1.76. The molecule has 0 spiro atoms. The van der Waals surface area contributed by atoms with E-state index in [1.165, 1.54) is 12.8 Å². The summed E-state index contributed by atoms with van der Waals surface area (Å²) in [6.07, 6.45) is 4.50. The quantitative estimate of drug-likeness (QED) is 0.672. The molecular formula is C9H10ClNO. The van der Waals surface area contributed by atoms with Crippen molar-refractivity contribution in [2.24, 2.45) is 0 Å². The monoisotopic (exact) mass is 183 g/mol. The molecule has 0 radical (unpaired) electrons. The third-order valence-corrected chi connectivity index (χ3v) is 2.07. The van der Waals surface area contributed by atoms with Gasteiger partial charge in [0.05, 0.1) is 0 Å². The van der Waals surface area contributed by atoms with E-state index in [2.05, 4.69) is 4.98 Å². The van der Waals surface area contributed by atoms with Crippen molar-refractivity contribution in [2.75, 3.05) is 0 Å². The van der Waals surface area contributed by atoms with Gasteiger partial charge in [0, 0.05) is 18.1 Å². The lowest BCUT2D eigenvalue weighted by Crippen LogP contribution is -1.97. The fourth-order valence-corrected chi connectivity index (χ4v) is 1.07. The van der Waals surface area contributed by atoms with E-state index in [0.29, 0.717) is 17.9 Å². The first kappa shape index (κ1) is 7.87. The average Bonchev–Trinajstić information content (AvgIpc) is 2.90. The van der Waals surface area contributed by atoms with E-state index in [1.54, 1.807) is 6.20 Å². The molecular weight excluding hydrogens is 174 g/mol. The van der Waals surface area contributed by atoms with Crippen LogP contribution >= 0.6 is 11.6 Å². The van der Waals surface area contributed by atoms with Crippen LogP contribution in [-0.2, 0) is 5.88 Å². The van der Waals surface area contributed by atoms with Crippen molar-refractivity contribution < 1.29 is 4.74 Å². The van der Waals surface area contributed by atoms with Gasteiger partial charge < -0.3 is 4.74 Å². The molecule has 1 fully saturated rings. The molecule has 1 aromatic heterocycles. The highest BCUT2D eigenvalue weighted by Gasteiger charge is 2.23. The SMILES string of the molecule is ClCc1ccc(OC2CC2)nc1. The molecule has 0 bridgehead atoms. The Balaban J connectivity index is 2.02. The molecule has 3 heteroatoms. The Hall–Kier alpha value is -0.760. The predicted octanol–water partition coefficient (Wildman–Crippen LogP) is 2.36. The molecule has 2 rings (SSSR count). The lowest BCUT2D eigenvalue weighted by atomic mass is 10.3. The maximum atomic E-state index is 5.62. The summed E-state index contributed by atoms with van der Waals surface area (Å²) in [5.41, 5.74) is 1.03. The minimum atomic E-state index is 0.416. The molecule has 0 amide bonds. The number of hydrogen-bond donors (Lipinski definition) is 0. The molecule has 1 aliphatic rings. The molecule has 1 aromatic rings. The van der Waals surface area contributed by atoms with Crippen LogP contribution in [0.5, 0.6) is 5.88 Å². The van der Waals surface area contributed by atoms with Crippen molar-refractivity contribution in [3.05, 3.63) is 23.9 Å². The first-order valence-electron chi connectivity index (χ1n) is 4.06. The van der Waals surface area contributed by atoms with Crippen LogP contribution in [0.1, 0.15) is 18.4 Å². The zero-order valence-electron chi connectivity index (χ0n) is 6.66. The number of halogens is 1. The zero-order chi connectivity index (χ0) is 8.39. The van der Waals surface area contributed by atoms with Crippen molar-refractivity contribution in [3.63, 3.8) is 0 Å². The van der Waals surface area contributed by atoms with Crippen LogP contribution in [0.4, 0.5) is 0 Å². The van der Waals surface area contributed by atoms with Gasteiger partial charge in [0.1, 0.15) is 6.10 Å². The van der Waals surface area contributed by atoms with Gasteiger partial charge in [-0.3, -0.25) is 0 Å². The number of rotatable bonds is 3. The van der Waals surface area contributed by atoms with Crippen molar-refractivity contribution in [2.45, 2.75) is 24.8 Å². The van der Waals surface area contributed by atoms with Gasteiger partial charge in [-0.15, -0.1) is 11.6 Å². The first-order valence-corrected chi connectivity index (χ1v) is 4.59. The summed E-state index contributed by atoms with van der Waals surface area (Å²) in [4.78, 5) is 4.12. The fourth-order valence-electron chi connectivity index (χ4n) is 0.916. The molecule has 0 N–H and O–H groups in total. The van der Waals surface area contributed by atoms with Gasteiger partial charge in [0.15, 0.2) is 0 Å². The molecule has 0 saturated heterocycles. The Bertz CT molecular complexity index is 256. The molecule has 2 nitrogen and oxygen atoms in total. The van der Waals surface area contributed by atoms with Crippen molar-refractivity contribution in [1.82, 2.24) is 4.98 Å². The second kappa shape index (κ2) is 3.31. The topological polar surface area (TPSA) is 22.1 Å². The highest BCUT2D eigenvalue weighted by atomic mass is 35.5. The largest absolute Gasteiger partial charge is 0.474 e. The smallest absolute Gasteiger partial charge is 0.213 e. The Kier molecular flexibility index (Phi) is 2.17. The van der Waals surface area contributed by atoms with E-state index >= 15 is 0 Å². The van der Waals surface area contributed by atoms with E-state index < -0.39 is 0 Å². The fraction of sp³-hybridized carbons (Fsp3) is 0.444. The highest BCUT2D eigenvalue weighted by molar-refractivity contribution is 6.17. The number of ether oxygens (including phenoxy) is 1. The van der Waals surface area contributed by atoms with Gasteiger partial charge in [-0.2, -0.15) is 0 Å². The molecule has 1 heterocycles. The Labute approximate surface area is 76.5 Å². The van der Waals surface area contributed by atoms with E-state index in [4.69, 9.17) is 16.3 Å². The van der Waals surface area contributed by atoms with Gasteiger partial charge >= 0.3 is 0 Å². The molecule has 0 aromatic carbocycles. The Morgan fingerprint density at radius 1 is 1.50 bits per heavy atom. The van der Waals surface area contributed by atoms with Gasteiger partial charge in [-0.25, -0.2) is 4.98 Å². The summed E-state index contributed by atoms with van der Waals surface area (Å²) in [7, 11) is 0. The second-order valence-electron chi connectivity index (χ2n) is 2.96. The highest BCUT2D eigenvalue weighted by Crippen LogP contribution is 2.25. The van der Waals surface area contributed by atoms with Crippen molar-refractivity contribution >= 4 is 11.6 Å². The third kappa shape index (κ3) is 1.89. The van der Waals surface area contributed by atoms with Gasteiger partial charge in [0.2, 0.25) is 5.88 Å². The van der Waals surface area contributed by atoms with Gasteiger partial charge in [-0.1, -0.05) is 6.07 Å². The molecule has 12 heavy (non-hydrogen) atoms. The van der Waals surface area contributed by atoms with Crippen molar-refractivity contribution in [1.29, 1.82) is 0 Å². The van der Waals surface area contributed by atoms with Crippen molar-refractivity contribution in [3.8, 4) is 5.88 Å². The molecule has 0 aliphatic heterocycles. The minimum absolute atomic E-state index is 0.416. The summed E-state index contributed by atoms with van der Waals surface area (Å²) in [5.74, 6) is 1.22. The summed E-state index contributed by atoms with van der Waals surface area (Å²) in [6, 6.07) is 3.81. The summed E-state index contributed by atoms with van der Waals surface area (Å²) >= 11 is 5.62. The van der Waals surface area contributed by atoms with Crippen LogP contribution in [0.2, 0.25) is 0 Å². The molecule has 1 aliphatic carbocycles. The summed E-state index contributed by atoms with van der Waals surface area (Å²) in [6.45, 7) is 0. The molecule has 1 saturated carbocycles. The van der Waals surface area contributed by atoms with Crippen LogP contribution in [0.15, 0.2) is 18.3 Å². The van der Waals surface area contributed by atoms with Gasteiger partial charge in [-0.05, 0) is 18.4 Å². The van der Waals surface area contributed by atoms with Crippen LogP contribution in [0, 0.1) is 0 Å². The summed E-state index contributed by atoms with van der Waals surface area (Å²) in [5, 5.41) is 0. The lowest BCUT2D eigenvalue weighted by Gasteiger charge is -2.02.